The van der Waals surface area contributed by atoms with Crippen LogP contribution in [-0.4, -0.2) is 83.8 Å². The van der Waals surface area contributed by atoms with Gasteiger partial charge in [0.05, 0.1) is 22.9 Å². The Labute approximate surface area is 128 Å². The number of rotatable bonds is 0. The maximum Gasteiger partial charge on any atom is 0.326 e. The molecule has 3 aliphatic rings. The first-order valence-electron chi connectivity index (χ1n) is 7.12. The predicted molar refractivity (Wildman–Crippen MR) is 75.6 cm³/mol. The Morgan fingerprint density at radius 1 is 0.682 bits per heavy atom. The third-order valence-electron chi connectivity index (χ3n) is 6.07. The van der Waals surface area contributed by atoms with E-state index < -0.39 is 35.0 Å². The zero-order valence-corrected chi connectivity index (χ0v) is 13.6. The van der Waals surface area contributed by atoms with E-state index in [0.717, 1.165) is 9.80 Å². The first kappa shape index (κ1) is 14.8. The monoisotopic (exact) mass is 308 g/mol. The van der Waals surface area contributed by atoms with Crippen molar-refractivity contribution in [2.75, 3.05) is 28.2 Å². The van der Waals surface area contributed by atoms with Gasteiger partial charge in [-0.15, -0.1) is 0 Å². The fraction of sp³-hybridized carbons (Fsp3) is 0.714. The minimum absolute atomic E-state index is 0.371. The topological polar surface area (TPSA) is 81.2 Å². The van der Waals surface area contributed by atoms with Gasteiger partial charge >= 0.3 is 12.1 Å². The van der Waals surface area contributed by atoms with Crippen molar-refractivity contribution >= 4 is 23.9 Å². The average Bonchev–Trinajstić information content (AvgIpc) is 2.50. The lowest BCUT2D eigenvalue weighted by Gasteiger charge is -2.72. The van der Waals surface area contributed by atoms with Crippen molar-refractivity contribution < 1.29 is 19.2 Å². The van der Waals surface area contributed by atoms with Gasteiger partial charge in [-0.05, 0) is 13.8 Å². The van der Waals surface area contributed by atoms with Crippen molar-refractivity contribution in [3.63, 3.8) is 0 Å². The van der Waals surface area contributed by atoms with E-state index in [9.17, 15) is 19.2 Å². The van der Waals surface area contributed by atoms with Crippen molar-refractivity contribution in [3.05, 3.63) is 0 Å². The summed E-state index contributed by atoms with van der Waals surface area (Å²) in [5, 5.41) is 0. The molecule has 1 saturated carbocycles. The Kier molecular flexibility index (Phi) is 2.55. The SMILES string of the molecule is CN1C(=O)N(C)C2C3N(C)C(=O)N(C)C(=O)[C@@]3(C)[C@@]2(C)C1=O. The summed E-state index contributed by atoms with van der Waals surface area (Å²) in [5.41, 5.74) is -2.09. The van der Waals surface area contributed by atoms with Crippen molar-refractivity contribution in [3.8, 4) is 0 Å². The highest BCUT2D eigenvalue weighted by molar-refractivity contribution is 6.10. The highest BCUT2D eigenvalue weighted by Gasteiger charge is 2.81. The number of amides is 6. The van der Waals surface area contributed by atoms with E-state index in [0.29, 0.717) is 0 Å². The summed E-state index contributed by atoms with van der Waals surface area (Å²) in [7, 11) is 6.06. The molecule has 3 fully saturated rings. The van der Waals surface area contributed by atoms with Gasteiger partial charge in [0.1, 0.15) is 0 Å². The maximum atomic E-state index is 12.8. The molecule has 22 heavy (non-hydrogen) atoms. The molecule has 0 N–H and O–H groups in total. The van der Waals surface area contributed by atoms with Crippen LogP contribution < -0.4 is 0 Å². The van der Waals surface area contributed by atoms with Gasteiger partial charge in [-0.2, -0.15) is 0 Å². The number of likely N-dealkylation sites (N-methyl/N-ethyl adjacent to an activating group) is 2. The molecule has 4 atom stereocenters. The van der Waals surface area contributed by atoms with E-state index in [2.05, 4.69) is 0 Å². The quantitative estimate of drug-likeness (QED) is 0.620. The van der Waals surface area contributed by atoms with Crippen LogP contribution in [0.5, 0.6) is 0 Å². The van der Waals surface area contributed by atoms with Crippen molar-refractivity contribution in [2.45, 2.75) is 25.9 Å². The van der Waals surface area contributed by atoms with E-state index >= 15 is 0 Å². The molecule has 0 bridgehead atoms. The number of urea groups is 2. The van der Waals surface area contributed by atoms with E-state index in [1.165, 1.54) is 23.9 Å². The molecule has 120 valence electrons. The van der Waals surface area contributed by atoms with Crippen LogP contribution in [-0.2, 0) is 9.59 Å². The maximum absolute atomic E-state index is 12.8. The highest BCUT2D eigenvalue weighted by Crippen LogP contribution is 2.64. The average molecular weight is 308 g/mol. The molecule has 2 saturated heterocycles. The van der Waals surface area contributed by atoms with Gasteiger partial charge in [-0.3, -0.25) is 19.4 Å². The molecule has 0 radical (unpaired) electrons. The molecular weight excluding hydrogens is 288 g/mol. The zero-order valence-electron chi connectivity index (χ0n) is 13.6. The van der Waals surface area contributed by atoms with Crippen LogP contribution in [0.2, 0.25) is 0 Å². The fourth-order valence-electron chi connectivity index (χ4n) is 4.63. The molecule has 2 unspecified atom stereocenters. The summed E-state index contributed by atoms with van der Waals surface area (Å²) in [6, 6.07) is -1.83. The molecule has 0 aromatic rings. The third kappa shape index (κ3) is 1.14. The van der Waals surface area contributed by atoms with Gasteiger partial charge in [0.2, 0.25) is 11.8 Å². The predicted octanol–water partition coefficient (Wildman–Crippen LogP) is -0.203. The van der Waals surface area contributed by atoms with E-state index in [1.54, 1.807) is 27.9 Å². The lowest BCUT2D eigenvalue weighted by atomic mass is 9.42. The molecule has 8 nitrogen and oxygen atoms in total. The van der Waals surface area contributed by atoms with Gasteiger partial charge < -0.3 is 9.80 Å². The van der Waals surface area contributed by atoms with E-state index in [-0.39, 0.29) is 11.8 Å². The summed E-state index contributed by atoms with van der Waals surface area (Å²) in [6.45, 7) is 3.43. The molecule has 0 aromatic heterocycles. The highest BCUT2D eigenvalue weighted by atomic mass is 16.2. The molecule has 1 aliphatic carbocycles. The van der Waals surface area contributed by atoms with Gasteiger partial charge in [0.15, 0.2) is 0 Å². The summed E-state index contributed by atoms with van der Waals surface area (Å²) in [6.07, 6.45) is 0. The van der Waals surface area contributed by atoms with Crippen LogP contribution in [0.15, 0.2) is 0 Å². The fourth-order valence-corrected chi connectivity index (χ4v) is 4.63. The lowest BCUT2D eigenvalue weighted by molar-refractivity contribution is -0.223. The first-order valence-corrected chi connectivity index (χ1v) is 7.12. The smallest absolute Gasteiger partial charge is 0.321 e. The van der Waals surface area contributed by atoms with Crippen LogP contribution in [0, 0.1) is 10.8 Å². The normalized spacial score (nSPS) is 41.5. The van der Waals surface area contributed by atoms with Crippen molar-refractivity contribution in [1.82, 2.24) is 19.6 Å². The molecule has 0 spiro atoms. The molecule has 2 aliphatic heterocycles. The van der Waals surface area contributed by atoms with Crippen LogP contribution in [0.3, 0.4) is 0 Å². The van der Waals surface area contributed by atoms with Crippen molar-refractivity contribution in [2.24, 2.45) is 10.8 Å². The van der Waals surface area contributed by atoms with Crippen LogP contribution in [0.1, 0.15) is 13.8 Å². The number of carbonyl (C=O) groups is 4. The molecule has 3 rings (SSSR count). The number of imide groups is 2. The number of fused-ring (bicyclic) bond motifs is 4. The Bertz CT molecular complexity index is 580. The Balaban J connectivity index is 2.19. The number of hydrogen-bond donors (Lipinski definition) is 0. The second-order valence-corrected chi connectivity index (χ2v) is 6.81. The minimum atomic E-state index is -1.05. The van der Waals surface area contributed by atoms with E-state index in [4.69, 9.17) is 0 Å². The molecule has 0 aromatic carbocycles. The summed E-state index contributed by atoms with van der Waals surface area (Å²) >= 11 is 0. The Morgan fingerprint density at radius 3 is 1.23 bits per heavy atom. The standard InChI is InChI=1S/C14H20N4O4/c1-13-7(15(3)11(21)17(5)9(13)19)8-14(13,2)10(20)18(6)12(22)16(8)4/h7-8H,1-6H3/t7?,8?,13-,14+. The number of carbonyl (C=O) groups excluding carboxylic acids is 4. The second kappa shape index (κ2) is 3.80. The third-order valence-corrected chi connectivity index (χ3v) is 6.07. The molecule has 2 heterocycles. The number of nitrogens with zero attached hydrogens (tertiary/aromatic N) is 4. The number of hydrogen-bond acceptors (Lipinski definition) is 4. The first-order chi connectivity index (χ1) is 10.0. The molecule has 6 amide bonds. The van der Waals surface area contributed by atoms with Crippen LogP contribution >= 0.6 is 0 Å². The van der Waals surface area contributed by atoms with Gasteiger partial charge in [0, 0.05) is 28.2 Å². The van der Waals surface area contributed by atoms with Crippen LogP contribution in [0.4, 0.5) is 9.59 Å². The van der Waals surface area contributed by atoms with Crippen LogP contribution in [0.25, 0.3) is 0 Å². The summed E-state index contributed by atoms with van der Waals surface area (Å²) in [5.74, 6) is -0.743. The van der Waals surface area contributed by atoms with E-state index in [1.807, 2.05) is 0 Å². The van der Waals surface area contributed by atoms with Gasteiger partial charge in [-0.25, -0.2) is 9.59 Å². The molecule has 8 heteroatoms. The summed E-state index contributed by atoms with van der Waals surface area (Å²) in [4.78, 5) is 55.0. The van der Waals surface area contributed by atoms with Gasteiger partial charge in [-0.1, -0.05) is 0 Å². The second-order valence-electron chi connectivity index (χ2n) is 6.81. The van der Waals surface area contributed by atoms with Crippen molar-refractivity contribution in [1.29, 1.82) is 0 Å². The molecular formula is C14H20N4O4. The zero-order chi connectivity index (χ0) is 16.8. The van der Waals surface area contributed by atoms with Gasteiger partial charge in [0.25, 0.3) is 0 Å². The Hall–Kier alpha value is -2.12. The summed E-state index contributed by atoms with van der Waals surface area (Å²) < 4.78 is 0. The largest absolute Gasteiger partial charge is 0.326 e. The minimum Gasteiger partial charge on any atom is -0.321 e. The Morgan fingerprint density at radius 2 is 0.955 bits per heavy atom. The lowest BCUT2D eigenvalue weighted by Crippen LogP contribution is -2.90.